The zero-order valence-electron chi connectivity index (χ0n) is 8.67. The Kier molecular flexibility index (Phi) is 3.98. The van der Waals surface area contributed by atoms with Crippen LogP contribution in [0.3, 0.4) is 0 Å². The number of Topliss-reactive ketones (excluding diaryl/α,β-unsaturated/α-hetero) is 1. The molecule has 1 aliphatic rings. The minimum absolute atomic E-state index is 0.323. The average Bonchev–Trinajstić information content (AvgIpc) is 2.66. The summed E-state index contributed by atoms with van der Waals surface area (Å²) in [6, 6.07) is 1.96. The summed E-state index contributed by atoms with van der Waals surface area (Å²) in [5.74, 6) is 0.962. The molecule has 0 N–H and O–H groups in total. The first-order valence-corrected chi connectivity index (χ1v) is 7.21. The number of halogens is 1. The number of hydrogen-bond acceptors (Lipinski definition) is 2. The van der Waals surface area contributed by atoms with Crippen LogP contribution in [0, 0.1) is 5.92 Å². The summed E-state index contributed by atoms with van der Waals surface area (Å²) in [6.07, 6.45) is 7.21. The third-order valence-corrected chi connectivity index (χ3v) is 4.95. The van der Waals surface area contributed by atoms with Gasteiger partial charge >= 0.3 is 0 Å². The fraction of sp³-hybridized carbons (Fsp3) is 0.583. The normalized spacial score (nSPS) is 17.9. The molecule has 3 heteroatoms. The molecule has 0 bridgehead atoms. The van der Waals surface area contributed by atoms with Crippen LogP contribution in [-0.4, -0.2) is 5.78 Å². The standard InChI is InChI=1S/C12H15BrOS/c13-10-6-7-15-12(10)11(14)8-9-4-2-1-3-5-9/h6-7,9H,1-5,8H2. The third-order valence-electron chi connectivity index (χ3n) is 3.07. The maximum Gasteiger partial charge on any atom is 0.174 e. The van der Waals surface area contributed by atoms with Crippen molar-refractivity contribution in [3.05, 3.63) is 20.8 Å². The molecule has 1 fully saturated rings. The van der Waals surface area contributed by atoms with Gasteiger partial charge in [0.05, 0.1) is 4.88 Å². The highest BCUT2D eigenvalue weighted by Gasteiger charge is 2.19. The van der Waals surface area contributed by atoms with Gasteiger partial charge in [-0.2, -0.15) is 0 Å². The zero-order valence-corrected chi connectivity index (χ0v) is 11.1. The van der Waals surface area contributed by atoms with Crippen LogP contribution in [0.5, 0.6) is 0 Å². The van der Waals surface area contributed by atoms with Gasteiger partial charge in [0, 0.05) is 10.9 Å². The van der Waals surface area contributed by atoms with Crippen LogP contribution in [0.15, 0.2) is 15.9 Å². The number of carbonyl (C=O) groups excluding carboxylic acids is 1. The highest BCUT2D eigenvalue weighted by Crippen LogP contribution is 2.30. The summed E-state index contributed by atoms with van der Waals surface area (Å²) in [4.78, 5) is 12.9. The smallest absolute Gasteiger partial charge is 0.174 e. The fourth-order valence-corrected chi connectivity index (χ4v) is 3.78. The van der Waals surface area contributed by atoms with E-state index in [-0.39, 0.29) is 0 Å². The van der Waals surface area contributed by atoms with Crippen molar-refractivity contribution in [1.82, 2.24) is 0 Å². The molecule has 1 aromatic rings. The molecule has 1 heterocycles. The molecule has 0 atom stereocenters. The lowest BCUT2D eigenvalue weighted by Gasteiger charge is -2.20. The predicted octanol–water partition coefficient (Wildman–Crippen LogP) is 4.66. The summed E-state index contributed by atoms with van der Waals surface area (Å²) >= 11 is 4.97. The minimum Gasteiger partial charge on any atom is -0.293 e. The molecule has 0 saturated heterocycles. The van der Waals surface area contributed by atoms with E-state index in [1.54, 1.807) is 11.3 Å². The van der Waals surface area contributed by atoms with Gasteiger partial charge in [-0.15, -0.1) is 11.3 Å². The number of ketones is 1. The van der Waals surface area contributed by atoms with Gasteiger partial charge in [-0.25, -0.2) is 0 Å². The lowest BCUT2D eigenvalue weighted by molar-refractivity contribution is 0.0953. The predicted molar refractivity (Wildman–Crippen MR) is 67.5 cm³/mol. The van der Waals surface area contributed by atoms with Gasteiger partial charge in [0.25, 0.3) is 0 Å². The quantitative estimate of drug-likeness (QED) is 0.739. The minimum atomic E-state index is 0.323. The molecule has 0 amide bonds. The van der Waals surface area contributed by atoms with Crippen LogP contribution in [0.25, 0.3) is 0 Å². The summed E-state index contributed by atoms with van der Waals surface area (Å²) < 4.78 is 0.966. The molecule has 15 heavy (non-hydrogen) atoms. The summed E-state index contributed by atoms with van der Waals surface area (Å²) in [5.41, 5.74) is 0. The second-order valence-electron chi connectivity index (χ2n) is 4.23. The molecule has 0 radical (unpaired) electrons. The first kappa shape index (κ1) is 11.3. The summed E-state index contributed by atoms with van der Waals surface area (Å²) in [5, 5.41) is 1.97. The van der Waals surface area contributed by atoms with E-state index < -0.39 is 0 Å². The molecule has 1 saturated carbocycles. The van der Waals surface area contributed by atoms with Crippen molar-refractivity contribution in [1.29, 1.82) is 0 Å². The van der Waals surface area contributed by atoms with Crippen molar-refractivity contribution in [3.63, 3.8) is 0 Å². The largest absolute Gasteiger partial charge is 0.293 e. The van der Waals surface area contributed by atoms with Crippen molar-refractivity contribution >= 4 is 33.0 Å². The summed E-state index contributed by atoms with van der Waals surface area (Å²) in [6.45, 7) is 0. The van der Waals surface area contributed by atoms with Gasteiger partial charge in [0.1, 0.15) is 0 Å². The maximum atomic E-state index is 12.0. The Bertz CT molecular complexity index is 339. The van der Waals surface area contributed by atoms with Crippen LogP contribution in [0.2, 0.25) is 0 Å². The third kappa shape index (κ3) is 2.91. The van der Waals surface area contributed by atoms with E-state index in [0.29, 0.717) is 11.7 Å². The van der Waals surface area contributed by atoms with Gasteiger partial charge in [-0.3, -0.25) is 4.79 Å². The lowest BCUT2D eigenvalue weighted by Crippen LogP contribution is -2.11. The Hall–Kier alpha value is -0.150. The van der Waals surface area contributed by atoms with Crippen LogP contribution < -0.4 is 0 Å². The van der Waals surface area contributed by atoms with Crippen LogP contribution in [0.4, 0.5) is 0 Å². The molecule has 0 unspecified atom stereocenters. The lowest BCUT2D eigenvalue weighted by atomic mass is 9.85. The Labute approximate surface area is 103 Å². The number of thiophene rings is 1. The monoisotopic (exact) mass is 286 g/mol. The Morgan fingerprint density at radius 3 is 2.73 bits per heavy atom. The first-order chi connectivity index (χ1) is 7.27. The first-order valence-electron chi connectivity index (χ1n) is 5.53. The van der Waals surface area contributed by atoms with E-state index in [1.165, 1.54) is 32.1 Å². The molecule has 0 aromatic carbocycles. The molecule has 1 aromatic heterocycles. The SMILES string of the molecule is O=C(CC1CCCCC1)c1sccc1Br. The number of carbonyl (C=O) groups is 1. The molecule has 1 nitrogen and oxygen atoms in total. The fourth-order valence-electron chi connectivity index (χ4n) is 2.24. The highest BCUT2D eigenvalue weighted by molar-refractivity contribution is 9.10. The molecular weight excluding hydrogens is 272 g/mol. The Morgan fingerprint density at radius 2 is 2.13 bits per heavy atom. The van der Waals surface area contributed by atoms with Gasteiger partial charge in [0.15, 0.2) is 5.78 Å². The van der Waals surface area contributed by atoms with Gasteiger partial charge in [-0.05, 0) is 33.3 Å². The van der Waals surface area contributed by atoms with Crippen LogP contribution in [0.1, 0.15) is 48.2 Å². The van der Waals surface area contributed by atoms with Crippen molar-refractivity contribution in [2.24, 2.45) is 5.92 Å². The van der Waals surface area contributed by atoms with Crippen molar-refractivity contribution in [2.75, 3.05) is 0 Å². The van der Waals surface area contributed by atoms with Crippen molar-refractivity contribution in [3.8, 4) is 0 Å². The number of rotatable bonds is 3. The molecule has 0 spiro atoms. The van der Waals surface area contributed by atoms with E-state index in [4.69, 9.17) is 0 Å². The molecule has 0 aliphatic heterocycles. The van der Waals surface area contributed by atoms with Gasteiger partial charge in [-0.1, -0.05) is 32.1 Å². The zero-order chi connectivity index (χ0) is 10.7. The second kappa shape index (κ2) is 5.26. The molecule has 1 aliphatic carbocycles. The van der Waals surface area contributed by atoms with Crippen LogP contribution in [-0.2, 0) is 0 Å². The van der Waals surface area contributed by atoms with Gasteiger partial charge in [0.2, 0.25) is 0 Å². The van der Waals surface area contributed by atoms with Crippen molar-refractivity contribution < 1.29 is 4.79 Å². The molecule has 82 valence electrons. The summed E-state index contributed by atoms with van der Waals surface area (Å²) in [7, 11) is 0. The van der Waals surface area contributed by atoms with Gasteiger partial charge < -0.3 is 0 Å². The number of hydrogen-bond donors (Lipinski definition) is 0. The average molecular weight is 287 g/mol. The van der Waals surface area contributed by atoms with Crippen molar-refractivity contribution in [2.45, 2.75) is 38.5 Å². The van der Waals surface area contributed by atoms with E-state index >= 15 is 0 Å². The maximum absolute atomic E-state index is 12.0. The topological polar surface area (TPSA) is 17.1 Å². The highest BCUT2D eigenvalue weighted by atomic mass is 79.9. The van der Waals surface area contributed by atoms with E-state index in [0.717, 1.165) is 15.8 Å². The van der Waals surface area contributed by atoms with E-state index in [2.05, 4.69) is 15.9 Å². The molecule has 2 rings (SSSR count). The van der Waals surface area contributed by atoms with E-state index in [9.17, 15) is 4.79 Å². The van der Waals surface area contributed by atoms with E-state index in [1.807, 2.05) is 11.4 Å². The molecular formula is C12H15BrOS. The Morgan fingerprint density at radius 1 is 1.40 bits per heavy atom. The second-order valence-corrected chi connectivity index (χ2v) is 6.00. The van der Waals surface area contributed by atoms with Crippen LogP contribution >= 0.6 is 27.3 Å². The Balaban J connectivity index is 1.94.